The van der Waals surface area contributed by atoms with Gasteiger partial charge in [-0.2, -0.15) is 0 Å². The van der Waals surface area contributed by atoms with E-state index in [0.29, 0.717) is 22.8 Å². The van der Waals surface area contributed by atoms with Crippen molar-refractivity contribution < 1.29 is 9.13 Å². The molecular weight excluding hydrogens is 309 g/mol. The number of nitrogens with two attached hydrogens (primary N) is 1. The Kier molecular flexibility index (Phi) is 3.31. The fourth-order valence-corrected chi connectivity index (χ4v) is 2.47. The van der Waals surface area contributed by atoms with E-state index < -0.39 is 0 Å². The minimum absolute atomic E-state index is 0.187. The zero-order chi connectivity index (χ0) is 16.5. The molecule has 6 nitrogen and oxygen atoms in total. The van der Waals surface area contributed by atoms with E-state index in [2.05, 4.69) is 19.9 Å². The van der Waals surface area contributed by atoms with Crippen LogP contribution < -0.4 is 10.5 Å². The molecule has 0 aliphatic heterocycles. The van der Waals surface area contributed by atoms with Gasteiger partial charge in [0.2, 0.25) is 5.95 Å². The van der Waals surface area contributed by atoms with Gasteiger partial charge in [0.25, 0.3) is 0 Å². The van der Waals surface area contributed by atoms with Crippen molar-refractivity contribution in [3.63, 3.8) is 0 Å². The lowest BCUT2D eigenvalue weighted by atomic mass is 10.1. The summed E-state index contributed by atoms with van der Waals surface area (Å²) >= 11 is 0. The number of hydrogen-bond donors (Lipinski definition) is 2. The summed E-state index contributed by atoms with van der Waals surface area (Å²) in [6, 6.07) is 9.32. The number of rotatable bonds is 3. The van der Waals surface area contributed by atoms with Gasteiger partial charge in [0.15, 0.2) is 0 Å². The third-order valence-electron chi connectivity index (χ3n) is 3.53. The van der Waals surface area contributed by atoms with Crippen LogP contribution in [0.5, 0.6) is 11.5 Å². The van der Waals surface area contributed by atoms with Gasteiger partial charge in [-0.25, -0.2) is 19.3 Å². The van der Waals surface area contributed by atoms with Crippen molar-refractivity contribution in [3.8, 4) is 22.8 Å². The molecule has 0 fully saturated rings. The molecule has 0 aliphatic carbocycles. The molecule has 1 aromatic carbocycles. The second-order valence-corrected chi connectivity index (χ2v) is 5.09. The van der Waals surface area contributed by atoms with Gasteiger partial charge in [0.1, 0.15) is 23.0 Å². The molecule has 3 N–H and O–H groups in total. The number of aromatic nitrogens is 4. The number of nitrogens with one attached hydrogen (secondary N) is 1. The predicted molar refractivity (Wildman–Crippen MR) is 88.0 cm³/mol. The molecule has 4 rings (SSSR count). The molecular formula is C17H12FN5O. The molecule has 0 bridgehead atoms. The Bertz CT molecular complexity index is 1010. The molecule has 0 unspecified atom stereocenters. The van der Waals surface area contributed by atoms with Gasteiger partial charge in [-0.1, -0.05) is 0 Å². The number of fused-ring (bicyclic) bond motifs is 1. The van der Waals surface area contributed by atoms with Crippen LogP contribution in [0.1, 0.15) is 0 Å². The van der Waals surface area contributed by atoms with E-state index >= 15 is 0 Å². The largest absolute Gasteiger partial charge is 0.457 e. The number of hydrogen-bond acceptors (Lipinski definition) is 5. The molecule has 118 valence electrons. The number of benzene rings is 1. The van der Waals surface area contributed by atoms with Crippen molar-refractivity contribution in [2.75, 3.05) is 5.73 Å². The topological polar surface area (TPSA) is 89.7 Å². The van der Waals surface area contributed by atoms with Crippen molar-refractivity contribution in [3.05, 3.63) is 60.8 Å². The molecule has 24 heavy (non-hydrogen) atoms. The summed E-state index contributed by atoms with van der Waals surface area (Å²) in [5.74, 6) is 0.978. The summed E-state index contributed by atoms with van der Waals surface area (Å²) in [6.45, 7) is 0. The highest BCUT2D eigenvalue weighted by Gasteiger charge is 2.14. The average Bonchev–Trinajstić information content (AvgIpc) is 3.02. The maximum Gasteiger partial charge on any atom is 0.220 e. The third kappa shape index (κ3) is 2.52. The van der Waals surface area contributed by atoms with E-state index in [-0.39, 0.29) is 11.8 Å². The van der Waals surface area contributed by atoms with E-state index in [1.54, 1.807) is 42.9 Å². The van der Waals surface area contributed by atoms with E-state index in [9.17, 15) is 4.39 Å². The first kappa shape index (κ1) is 14.1. The first-order valence-corrected chi connectivity index (χ1v) is 7.19. The van der Waals surface area contributed by atoms with Crippen molar-refractivity contribution >= 4 is 17.0 Å². The Morgan fingerprint density at radius 1 is 1.00 bits per heavy atom. The number of ether oxygens (including phenoxy) is 1. The first-order valence-electron chi connectivity index (χ1n) is 7.19. The van der Waals surface area contributed by atoms with E-state index in [4.69, 9.17) is 10.5 Å². The number of aromatic amines is 1. The molecule has 0 spiro atoms. The zero-order valence-electron chi connectivity index (χ0n) is 12.4. The van der Waals surface area contributed by atoms with Crippen LogP contribution in [-0.4, -0.2) is 19.9 Å². The average molecular weight is 321 g/mol. The molecule has 0 aliphatic rings. The van der Waals surface area contributed by atoms with Crippen LogP contribution in [0.3, 0.4) is 0 Å². The van der Waals surface area contributed by atoms with Crippen molar-refractivity contribution in [1.82, 2.24) is 19.9 Å². The summed E-state index contributed by atoms with van der Waals surface area (Å²) in [5.41, 5.74) is 7.78. The second-order valence-electron chi connectivity index (χ2n) is 5.09. The highest BCUT2D eigenvalue weighted by Crippen LogP contribution is 2.35. The van der Waals surface area contributed by atoms with Crippen LogP contribution in [0, 0.1) is 5.82 Å². The normalized spacial score (nSPS) is 10.9. The number of pyridine rings is 1. The minimum Gasteiger partial charge on any atom is -0.457 e. The number of nitrogens with zero attached hydrogens (tertiary/aromatic N) is 3. The first-order chi connectivity index (χ1) is 11.7. The van der Waals surface area contributed by atoms with Gasteiger partial charge in [0, 0.05) is 24.2 Å². The van der Waals surface area contributed by atoms with Gasteiger partial charge in [-0.3, -0.25) is 0 Å². The lowest BCUT2D eigenvalue weighted by Crippen LogP contribution is -1.95. The fourth-order valence-electron chi connectivity index (χ4n) is 2.47. The molecule has 4 aromatic rings. The van der Waals surface area contributed by atoms with Gasteiger partial charge < -0.3 is 15.5 Å². The molecule has 0 saturated heterocycles. The molecule has 0 saturated carbocycles. The van der Waals surface area contributed by atoms with Crippen LogP contribution in [0.25, 0.3) is 22.3 Å². The molecule has 0 amide bonds. The zero-order valence-corrected chi connectivity index (χ0v) is 12.4. The summed E-state index contributed by atoms with van der Waals surface area (Å²) in [7, 11) is 0. The van der Waals surface area contributed by atoms with Crippen molar-refractivity contribution in [2.24, 2.45) is 0 Å². The standard InChI is InChI=1S/C17H12FN5O/c18-10-1-3-11(4-2-10)24-14-6-8-20-16-15(14)12(9-22-16)13-5-7-21-17(19)23-13/h1-9H,(H,20,22)(H2,19,21,23). The van der Waals surface area contributed by atoms with Gasteiger partial charge in [-0.05, 0) is 36.4 Å². The van der Waals surface area contributed by atoms with Gasteiger partial charge in [-0.15, -0.1) is 0 Å². The lowest BCUT2D eigenvalue weighted by Gasteiger charge is -2.08. The molecule has 3 heterocycles. The summed E-state index contributed by atoms with van der Waals surface area (Å²) in [4.78, 5) is 15.5. The number of H-pyrrole nitrogens is 1. The fraction of sp³-hybridized carbons (Fsp3) is 0. The van der Waals surface area contributed by atoms with Crippen LogP contribution in [0.15, 0.2) is 55.0 Å². The Balaban J connectivity index is 1.84. The number of anilines is 1. The summed E-state index contributed by atoms with van der Waals surface area (Å²) < 4.78 is 19.0. The smallest absolute Gasteiger partial charge is 0.220 e. The summed E-state index contributed by atoms with van der Waals surface area (Å²) in [6.07, 6.45) is 5.01. The lowest BCUT2D eigenvalue weighted by molar-refractivity contribution is 0.486. The van der Waals surface area contributed by atoms with Crippen molar-refractivity contribution in [1.29, 1.82) is 0 Å². The molecule has 3 aromatic heterocycles. The Labute approximate surface area is 136 Å². The van der Waals surface area contributed by atoms with Crippen LogP contribution in [-0.2, 0) is 0 Å². The number of nitrogen functional groups attached to an aromatic ring is 1. The molecule has 0 atom stereocenters. The highest BCUT2D eigenvalue weighted by atomic mass is 19.1. The Morgan fingerprint density at radius 3 is 2.58 bits per heavy atom. The van der Waals surface area contributed by atoms with Crippen LogP contribution in [0.4, 0.5) is 10.3 Å². The monoisotopic (exact) mass is 321 g/mol. The molecule has 7 heteroatoms. The van der Waals surface area contributed by atoms with E-state index in [0.717, 1.165) is 10.9 Å². The minimum atomic E-state index is -0.319. The Morgan fingerprint density at radius 2 is 1.79 bits per heavy atom. The summed E-state index contributed by atoms with van der Waals surface area (Å²) in [5, 5.41) is 0.764. The number of halogens is 1. The van der Waals surface area contributed by atoms with E-state index in [1.165, 1.54) is 12.1 Å². The van der Waals surface area contributed by atoms with Crippen LogP contribution in [0.2, 0.25) is 0 Å². The predicted octanol–water partition coefficient (Wildman–Crippen LogP) is 3.53. The highest BCUT2D eigenvalue weighted by molar-refractivity contribution is 5.97. The second kappa shape index (κ2) is 5.62. The Hall–Kier alpha value is -3.48. The third-order valence-corrected chi connectivity index (χ3v) is 3.53. The van der Waals surface area contributed by atoms with Gasteiger partial charge >= 0.3 is 0 Å². The maximum atomic E-state index is 13.1. The van der Waals surface area contributed by atoms with E-state index in [1.807, 2.05) is 0 Å². The molecule has 0 radical (unpaired) electrons. The van der Waals surface area contributed by atoms with Crippen molar-refractivity contribution in [2.45, 2.75) is 0 Å². The van der Waals surface area contributed by atoms with Crippen LogP contribution >= 0.6 is 0 Å². The SMILES string of the molecule is Nc1nccc(-c2c[nH]c3nccc(Oc4ccc(F)cc4)c23)n1. The van der Waals surface area contributed by atoms with Gasteiger partial charge in [0.05, 0.1) is 11.1 Å². The quantitative estimate of drug-likeness (QED) is 0.602. The maximum absolute atomic E-state index is 13.1.